The van der Waals surface area contributed by atoms with Gasteiger partial charge < -0.3 is 21.3 Å². The molecule has 84 valence electrons. The zero-order valence-corrected chi connectivity index (χ0v) is 8.30. The standard InChI is InChI=1S/C9H14N2O4/c1-11-4-2-3-5(7(12)13)6(3)9(4,10)8(14)15/h3-6,11H,2,10H2,1H3,(H,12,13)(H,14,15)/t3-,4-,5-,6-,9-/m0/s1. The highest BCUT2D eigenvalue weighted by molar-refractivity contribution is 5.86. The smallest absolute Gasteiger partial charge is 0.325 e. The van der Waals surface area contributed by atoms with Crippen molar-refractivity contribution in [3.63, 3.8) is 0 Å². The molecule has 5 N–H and O–H groups in total. The molecule has 0 radical (unpaired) electrons. The van der Waals surface area contributed by atoms with E-state index in [4.69, 9.17) is 15.9 Å². The van der Waals surface area contributed by atoms with Crippen LogP contribution in [0.4, 0.5) is 0 Å². The molecule has 2 rings (SSSR count). The van der Waals surface area contributed by atoms with Gasteiger partial charge in [0.05, 0.1) is 5.92 Å². The Morgan fingerprint density at radius 1 is 1.47 bits per heavy atom. The van der Waals surface area contributed by atoms with Crippen LogP contribution in [-0.4, -0.2) is 40.8 Å². The molecule has 0 spiro atoms. The van der Waals surface area contributed by atoms with E-state index in [1.54, 1.807) is 7.05 Å². The van der Waals surface area contributed by atoms with E-state index in [9.17, 15) is 9.59 Å². The van der Waals surface area contributed by atoms with Crippen molar-refractivity contribution in [1.82, 2.24) is 5.32 Å². The predicted molar refractivity (Wildman–Crippen MR) is 50.1 cm³/mol. The van der Waals surface area contributed by atoms with Gasteiger partial charge in [0.2, 0.25) is 0 Å². The Labute approximate surface area is 86.4 Å². The fourth-order valence-electron chi connectivity index (χ4n) is 3.00. The summed E-state index contributed by atoms with van der Waals surface area (Å²) in [5, 5.41) is 20.8. The molecular formula is C9H14N2O4. The molecule has 0 heterocycles. The molecule has 0 unspecified atom stereocenters. The first-order chi connectivity index (χ1) is 6.94. The first-order valence-corrected chi connectivity index (χ1v) is 4.87. The van der Waals surface area contributed by atoms with Crippen molar-refractivity contribution in [2.45, 2.75) is 18.0 Å². The minimum absolute atomic E-state index is 0.0824. The lowest BCUT2D eigenvalue weighted by Gasteiger charge is -2.30. The average molecular weight is 214 g/mol. The molecule has 2 aliphatic carbocycles. The fourth-order valence-corrected chi connectivity index (χ4v) is 3.00. The van der Waals surface area contributed by atoms with Crippen molar-refractivity contribution in [3.8, 4) is 0 Å². The van der Waals surface area contributed by atoms with Gasteiger partial charge in [-0.25, -0.2) is 0 Å². The second-order valence-electron chi connectivity index (χ2n) is 4.37. The van der Waals surface area contributed by atoms with Crippen molar-refractivity contribution < 1.29 is 19.8 Å². The largest absolute Gasteiger partial charge is 0.481 e. The maximum Gasteiger partial charge on any atom is 0.325 e. The Kier molecular flexibility index (Phi) is 2.03. The zero-order valence-electron chi connectivity index (χ0n) is 8.30. The highest BCUT2D eigenvalue weighted by Crippen LogP contribution is 2.61. The van der Waals surface area contributed by atoms with Gasteiger partial charge in [0.1, 0.15) is 5.54 Å². The molecular weight excluding hydrogens is 200 g/mol. The maximum absolute atomic E-state index is 11.1. The Hall–Kier alpha value is -1.14. The monoisotopic (exact) mass is 214 g/mol. The van der Waals surface area contributed by atoms with Crippen LogP contribution in [0.25, 0.3) is 0 Å². The van der Waals surface area contributed by atoms with Gasteiger partial charge in [-0.3, -0.25) is 9.59 Å². The first kappa shape index (κ1) is 10.4. The van der Waals surface area contributed by atoms with Gasteiger partial charge in [-0.2, -0.15) is 0 Å². The summed E-state index contributed by atoms with van der Waals surface area (Å²) in [6.45, 7) is 0. The van der Waals surface area contributed by atoms with Crippen LogP contribution in [0.15, 0.2) is 0 Å². The van der Waals surface area contributed by atoms with Crippen LogP contribution >= 0.6 is 0 Å². The third-order valence-corrected chi connectivity index (χ3v) is 3.81. The molecule has 0 aromatic heterocycles. The van der Waals surface area contributed by atoms with Gasteiger partial charge in [0, 0.05) is 12.0 Å². The van der Waals surface area contributed by atoms with E-state index in [1.807, 2.05) is 0 Å². The molecule has 6 heteroatoms. The second kappa shape index (κ2) is 2.93. The van der Waals surface area contributed by atoms with Crippen LogP contribution in [0, 0.1) is 17.8 Å². The van der Waals surface area contributed by atoms with Crippen LogP contribution in [0.2, 0.25) is 0 Å². The van der Waals surface area contributed by atoms with Gasteiger partial charge in [-0.1, -0.05) is 0 Å². The lowest BCUT2D eigenvalue weighted by molar-refractivity contribution is -0.146. The van der Waals surface area contributed by atoms with Gasteiger partial charge in [0.25, 0.3) is 0 Å². The number of rotatable bonds is 3. The number of carboxylic acids is 2. The summed E-state index contributed by atoms with van der Waals surface area (Å²) >= 11 is 0. The quantitative estimate of drug-likeness (QED) is 0.465. The third kappa shape index (κ3) is 1.12. The molecule has 15 heavy (non-hydrogen) atoms. The summed E-state index contributed by atoms with van der Waals surface area (Å²) in [7, 11) is 1.65. The van der Waals surface area contributed by atoms with Crippen LogP contribution in [0.1, 0.15) is 6.42 Å². The van der Waals surface area contributed by atoms with Gasteiger partial charge in [-0.15, -0.1) is 0 Å². The summed E-state index contributed by atoms with van der Waals surface area (Å²) in [4.78, 5) is 22.0. The number of hydrogen-bond acceptors (Lipinski definition) is 4. The summed E-state index contributed by atoms with van der Waals surface area (Å²) in [5.74, 6) is -3.13. The SMILES string of the molecule is CN[C@H]1C[C@H]2[C@H](C(=O)O)[C@H]2[C@]1(N)C(=O)O. The third-order valence-electron chi connectivity index (χ3n) is 3.81. The topological polar surface area (TPSA) is 113 Å². The van der Waals surface area contributed by atoms with E-state index in [0.29, 0.717) is 6.42 Å². The number of nitrogens with one attached hydrogen (secondary N) is 1. The molecule has 5 atom stereocenters. The number of hydrogen-bond donors (Lipinski definition) is 4. The summed E-state index contributed by atoms with van der Waals surface area (Å²) in [6, 6.07) is -0.333. The number of nitrogens with two attached hydrogens (primary N) is 1. The predicted octanol–water partition coefficient (Wildman–Crippen LogP) is -1.29. The molecule has 0 aliphatic heterocycles. The number of aliphatic carboxylic acids is 2. The molecule has 0 bridgehead atoms. The second-order valence-corrected chi connectivity index (χ2v) is 4.37. The Balaban J connectivity index is 2.26. The van der Waals surface area contributed by atoms with Crippen molar-refractivity contribution >= 4 is 11.9 Å². The van der Waals surface area contributed by atoms with E-state index in [1.165, 1.54) is 0 Å². The molecule has 2 fully saturated rings. The number of carbonyl (C=O) groups is 2. The highest BCUT2D eigenvalue weighted by Gasteiger charge is 2.73. The molecule has 0 amide bonds. The van der Waals surface area contributed by atoms with Crippen LogP contribution in [0.5, 0.6) is 0 Å². The van der Waals surface area contributed by atoms with E-state index in [-0.39, 0.29) is 12.0 Å². The molecule has 0 aromatic rings. The molecule has 2 saturated carbocycles. The average Bonchev–Trinajstić information content (AvgIpc) is 2.80. The van der Waals surface area contributed by atoms with Crippen LogP contribution in [-0.2, 0) is 9.59 Å². The van der Waals surface area contributed by atoms with Crippen LogP contribution < -0.4 is 11.1 Å². The van der Waals surface area contributed by atoms with Crippen molar-refractivity contribution in [2.24, 2.45) is 23.5 Å². The van der Waals surface area contributed by atoms with Crippen molar-refractivity contribution in [2.75, 3.05) is 7.05 Å². The molecule has 6 nitrogen and oxygen atoms in total. The van der Waals surface area contributed by atoms with Gasteiger partial charge >= 0.3 is 11.9 Å². The lowest BCUT2D eigenvalue weighted by Crippen LogP contribution is -2.61. The fraction of sp³-hybridized carbons (Fsp3) is 0.778. The Morgan fingerprint density at radius 2 is 2.07 bits per heavy atom. The Morgan fingerprint density at radius 3 is 2.47 bits per heavy atom. The number of fused-ring (bicyclic) bond motifs is 1. The van der Waals surface area contributed by atoms with Crippen LogP contribution in [0.3, 0.4) is 0 Å². The van der Waals surface area contributed by atoms with E-state index < -0.39 is 29.3 Å². The minimum atomic E-state index is -1.43. The lowest BCUT2D eigenvalue weighted by atomic mass is 9.87. The molecule has 0 aromatic carbocycles. The van der Waals surface area contributed by atoms with E-state index in [0.717, 1.165) is 0 Å². The summed E-state index contributed by atoms with van der Waals surface area (Å²) < 4.78 is 0. The highest BCUT2D eigenvalue weighted by atomic mass is 16.4. The normalized spacial score (nSPS) is 47.3. The Bertz CT molecular complexity index is 332. The minimum Gasteiger partial charge on any atom is -0.481 e. The zero-order chi connectivity index (χ0) is 11.4. The first-order valence-electron chi connectivity index (χ1n) is 4.87. The van der Waals surface area contributed by atoms with Gasteiger partial charge in [-0.05, 0) is 19.4 Å². The summed E-state index contributed by atoms with van der Waals surface area (Å²) in [5.41, 5.74) is 4.42. The van der Waals surface area contributed by atoms with Crippen molar-refractivity contribution in [1.29, 1.82) is 0 Å². The maximum atomic E-state index is 11.1. The van der Waals surface area contributed by atoms with Gasteiger partial charge in [0.15, 0.2) is 0 Å². The summed E-state index contributed by atoms with van der Waals surface area (Å²) in [6.07, 6.45) is 0.529. The number of likely N-dealkylation sites (N-methyl/N-ethyl adjacent to an activating group) is 1. The molecule has 0 saturated heterocycles. The van der Waals surface area contributed by atoms with E-state index in [2.05, 4.69) is 5.32 Å². The number of carboxylic acid groups (broad SMARTS) is 2. The van der Waals surface area contributed by atoms with Crippen molar-refractivity contribution in [3.05, 3.63) is 0 Å². The molecule has 2 aliphatic rings. The van der Waals surface area contributed by atoms with E-state index >= 15 is 0 Å².